The van der Waals surface area contributed by atoms with Gasteiger partial charge in [-0.25, -0.2) is 4.79 Å². The minimum atomic E-state index is -0.547. The van der Waals surface area contributed by atoms with Crippen LogP contribution >= 0.6 is 0 Å². The molecule has 1 unspecified atom stereocenters. The maximum Gasteiger partial charge on any atom is 0.410 e. The second-order valence-corrected chi connectivity index (χ2v) is 6.90. The highest BCUT2D eigenvalue weighted by molar-refractivity contribution is 5.86. The molecule has 1 N–H and O–H groups in total. The van der Waals surface area contributed by atoms with Gasteiger partial charge in [0.05, 0.1) is 6.10 Å². The van der Waals surface area contributed by atoms with Gasteiger partial charge in [-0.1, -0.05) is 0 Å². The van der Waals surface area contributed by atoms with Crippen LogP contribution in [-0.2, 0) is 14.3 Å². The number of ether oxygens (including phenoxy) is 2. The number of hydrogen-bond donors (Lipinski definition) is 1. The fourth-order valence-electron chi connectivity index (χ4n) is 2.30. The molecule has 0 bridgehead atoms. The lowest BCUT2D eigenvalue weighted by atomic mass is 10.2. The Morgan fingerprint density at radius 2 is 2.00 bits per heavy atom. The van der Waals surface area contributed by atoms with Crippen molar-refractivity contribution in [2.75, 3.05) is 19.7 Å². The van der Waals surface area contributed by atoms with Gasteiger partial charge in [-0.3, -0.25) is 9.69 Å². The Balaban J connectivity index is 2.38. The summed E-state index contributed by atoms with van der Waals surface area (Å²) in [4.78, 5) is 25.9. The van der Waals surface area contributed by atoms with E-state index in [1.807, 2.05) is 34.6 Å². The number of carbonyl (C=O) groups excluding carboxylic acids is 2. The standard InChI is InChI=1S/C16H30N2O4/c1-12(2)21-11-7-9-17-14(19)13-8-6-10-18(13)15(20)22-16(3,4)5/h12-13H,6-11H2,1-5H3,(H,17,19). The number of rotatable bonds is 6. The van der Waals surface area contributed by atoms with Gasteiger partial charge in [0.15, 0.2) is 0 Å². The summed E-state index contributed by atoms with van der Waals surface area (Å²) in [6, 6.07) is -0.416. The fraction of sp³-hybridized carbons (Fsp3) is 0.875. The van der Waals surface area contributed by atoms with Gasteiger partial charge < -0.3 is 14.8 Å². The van der Waals surface area contributed by atoms with Gasteiger partial charge in [-0.2, -0.15) is 0 Å². The second kappa shape index (κ2) is 8.36. The lowest BCUT2D eigenvalue weighted by Gasteiger charge is -2.28. The Morgan fingerprint density at radius 1 is 1.32 bits per heavy atom. The molecule has 1 heterocycles. The number of nitrogens with one attached hydrogen (secondary N) is 1. The van der Waals surface area contributed by atoms with Gasteiger partial charge >= 0.3 is 6.09 Å². The predicted molar refractivity (Wildman–Crippen MR) is 84.7 cm³/mol. The summed E-state index contributed by atoms with van der Waals surface area (Å²) in [6.45, 7) is 11.2. The van der Waals surface area contributed by atoms with E-state index in [0.29, 0.717) is 26.1 Å². The largest absolute Gasteiger partial charge is 0.444 e. The molecule has 6 nitrogen and oxygen atoms in total. The zero-order chi connectivity index (χ0) is 16.8. The summed E-state index contributed by atoms with van der Waals surface area (Å²) in [7, 11) is 0. The SMILES string of the molecule is CC(C)OCCCNC(=O)C1CCCN1C(=O)OC(C)(C)C. The smallest absolute Gasteiger partial charge is 0.410 e. The quantitative estimate of drug-likeness (QED) is 0.764. The average molecular weight is 314 g/mol. The van der Waals surface area contributed by atoms with Gasteiger partial charge in [-0.05, 0) is 53.9 Å². The van der Waals surface area contributed by atoms with Gasteiger partial charge in [0.1, 0.15) is 11.6 Å². The summed E-state index contributed by atoms with van der Waals surface area (Å²) in [5.74, 6) is -0.104. The van der Waals surface area contributed by atoms with Crippen LogP contribution in [0.2, 0.25) is 0 Å². The molecular weight excluding hydrogens is 284 g/mol. The monoisotopic (exact) mass is 314 g/mol. The molecule has 0 aromatic rings. The molecule has 2 amide bonds. The van der Waals surface area contributed by atoms with Crippen LogP contribution in [0.25, 0.3) is 0 Å². The first-order valence-corrected chi connectivity index (χ1v) is 8.09. The molecular formula is C16H30N2O4. The molecule has 1 aliphatic heterocycles. The van der Waals surface area contributed by atoms with Crippen LogP contribution in [0.15, 0.2) is 0 Å². The molecule has 0 spiro atoms. The third-order valence-electron chi connectivity index (χ3n) is 3.25. The van der Waals surface area contributed by atoms with E-state index in [1.165, 1.54) is 4.90 Å². The molecule has 0 saturated carbocycles. The zero-order valence-corrected chi connectivity index (χ0v) is 14.5. The Morgan fingerprint density at radius 3 is 2.59 bits per heavy atom. The van der Waals surface area contributed by atoms with E-state index in [4.69, 9.17) is 9.47 Å². The zero-order valence-electron chi connectivity index (χ0n) is 14.5. The minimum Gasteiger partial charge on any atom is -0.444 e. The summed E-state index contributed by atoms with van der Waals surface area (Å²) < 4.78 is 10.8. The first-order chi connectivity index (χ1) is 10.2. The maximum atomic E-state index is 12.2. The van der Waals surface area contributed by atoms with Crippen molar-refractivity contribution >= 4 is 12.0 Å². The van der Waals surface area contributed by atoms with Crippen molar-refractivity contribution in [1.29, 1.82) is 0 Å². The number of likely N-dealkylation sites (tertiary alicyclic amines) is 1. The highest BCUT2D eigenvalue weighted by Crippen LogP contribution is 2.20. The third-order valence-corrected chi connectivity index (χ3v) is 3.25. The molecule has 22 heavy (non-hydrogen) atoms. The van der Waals surface area contributed by atoms with Gasteiger partial charge in [-0.15, -0.1) is 0 Å². The summed E-state index contributed by atoms with van der Waals surface area (Å²) >= 11 is 0. The van der Waals surface area contributed by atoms with Crippen LogP contribution in [-0.4, -0.2) is 54.3 Å². The van der Waals surface area contributed by atoms with Crippen LogP contribution in [0.4, 0.5) is 4.79 Å². The van der Waals surface area contributed by atoms with Gasteiger partial charge in [0.25, 0.3) is 0 Å². The molecule has 6 heteroatoms. The first-order valence-electron chi connectivity index (χ1n) is 8.09. The molecule has 0 aromatic carbocycles. The predicted octanol–water partition coefficient (Wildman–Crippen LogP) is 2.32. The van der Waals surface area contributed by atoms with Crippen LogP contribution in [0, 0.1) is 0 Å². The maximum absolute atomic E-state index is 12.2. The molecule has 1 aliphatic rings. The molecule has 0 aliphatic carbocycles. The van der Waals surface area contributed by atoms with Crippen molar-refractivity contribution in [3.8, 4) is 0 Å². The van der Waals surface area contributed by atoms with Crippen molar-refractivity contribution in [3.05, 3.63) is 0 Å². The summed E-state index contributed by atoms with van der Waals surface area (Å²) in [5.41, 5.74) is -0.547. The normalized spacial score (nSPS) is 18.6. The molecule has 0 aromatic heterocycles. The summed E-state index contributed by atoms with van der Waals surface area (Å²) in [5, 5.41) is 2.88. The second-order valence-electron chi connectivity index (χ2n) is 6.90. The van der Waals surface area contributed by atoms with Crippen molar-refractivity contribution in [3.63, 3.8) is 0 Å². The van der Waals surface area contributed by atoms with Crippen LogP contribution < -0.4 is 5.32 Å². The Kier molecular flexibility index (Phi) is 7.13. The highest BCUT2D eigenvalue weighted by Gasteiger charge is 2.36. The van der Waals surface area contributed by atoms with Gasteiger partial charge in [0.2, 0.25) is 5.91 Å². The summed E-state index contributed by atoms with van der Waals surface area (Å²) in [6.07, 6.45) is 2.08. The molecule has 1 fully saturated rings. The molecule has 1 atom stereocenters. The van der Waals surface area contributed by atoms with Crippen molar-refractivity contribution in [2.45, 2.75) is 71.6 Å². The minimum absolute atomic E-state index is 0.104. The lowest BCUT2D eigenvalue weighted by Crippen LogP contribution is -2.47. The van der Waals surface area contributed by atoms with Gasteiger partial charge in [0, 0.05) is 19.7 Å². The van der Waals surface area contributed by atoms with Crippen LogP contribution in [0.5, 0.6) is 0 Å². The topological polar surface area (TPSA) is 67.9 Å². The molecule has 1 saturated heterocycles. The van der Waals surface area contributed by atoms with Crippen molar-refractivity contribution in [2.24, 2.45) is 0 Å². The van der Waals surface area contributed by atoms with Crippen molar-refractivity contribution < 1.29 is 19.1 Å². The number of nitrogens with zero attached hydrogens (tertiary/aromatic N) is 1. The van der Waals surface area contributed by atoms with E-state index in [1.54, 1.807) is 0 Å². The Hall–Kier alpha value is -1.30. The van der Waals surface area contributed by atoms with Crippen molar-refractivity contribution in [1.82, 2.24) is 10.2 Å². The molecule has 128 valence electrons. The Labute approximate surface area is 133 Å². The fourth-order valence-corrected chi connectivity index (χ4v) is 2.30. The number of hydrogen-bond acceptors (Lipinski definition) is 4. The third kappa shape index (κ3) is 6.64. The van der Waals surface area contributed by atoms with E-state index >= 15 is 0 Å². The van der Waals surface area contributed by atoms with E-state index < -0.39 is 17.7 Å². The highest BCUT2D eigenvalue weighted by atomic mass is 16.6. The Bertz CT molecular complexity index is 377. The van der Waals surface area contributed by atoms with E-state index in [9.17, 15) is 9.59 Å². The van der Waals surface area contributed by atoms with Crippen LogP contribution in [0.3, 0.4) is 0 Å². The number of carbonyl (C=O) groups is 2. The average Bonchev–Trinajstić information content (AvgIpc) is 2.84. The molecule has 1 rings (SSSR count). The first kappa shape index (κ1) is 18.7. The molecule has 0 radical (unpaired) electrons. The van der Waals surface area contributed by atoms with E-state index in [0.717, 1.165) is 12.8 Å². The van der Waals surface area contributed by atoms with Crippen LogP contribution in [0.1, 0.15) is 53.9 Å². The van der Waals surface area contributed by atoms with E-state index in [-0.39, 0.29) is 12.0 Å². The van der Waals surface area contributed by atoms with E-state index in [2.05, 4.69) is 5.32 Å². The number of amides is 2. The lowest BCUT2D eigenvalue weighted by molar-refractivity contribution is -0.125.